The van der Waals surface area contributed by atoms with Crippen molar-refractivity contribution < 1.29 is 22.7 Å². The zero-order valence-corrected chi connectivity index (χ0v) is 17.8. The molecule has 0 atom stereocenters. The van der Waals surface area contributed by atoms with Crippen molar-refractivity contribution in [1.82, 2.24) is 4.31 Å². The van der Waals surface area contributed by atoms with E-state index >= 15 is 0 Å². The Bertz CT molecular complexity index is 1010. The van der Waals surface area contributed by atoms with Gasteiger partial charge in [0.05, 0.1) is 17.6 Å². The first-order valence-electron chi connectivity index (χ1n) is 9.79. The number of sulfonamides is 1. The number of methoxy groups -OCH3 is 1. The molecule has 0 unspecified atom stereocenters. The number of nitrogens with zero attached hydrogens (tertiary/aromatic N) is 1. The molecule has 1 saturated heterocycles. The van der Waals surface area contributed by atoms with Crippen LogP contribution in [0.2, 0.25) is 0 Å². The number of amides is 1. The number of carbonyl (C=O) groups is 1. The monoisotopic (exact) mass is 430 g/mol. The molecule has 0 spiro atoms. The fourth-order valence-corrected chi connectivity index (χ4v) is 4.84. The highest BCUT2D eigenvalue weighted by atomic mass is 32.2. The molecule has 1 aliphatic heterocycles. The van der Waals surface area contributed by atoms with E-state index in [0.717, 1.165) is 19.3 Å². The Morgan fingerprint density at radius 1 is 1.17 bits per heavy atom. The Morgan fingerprint density at radius 2 is 1.93 bits per heavy atom. The summed E-state index contributed by atoms with van der Waals surface area (Å²) in [6.07, 6.45) is 4.34. The summed E-state index contributed by atoms with van der Waals surface area (Å²) in [5.41, 5.74) is 0.668. The lowest BCUT2D eigenvalue weighted by molar-refractivity contribution is 0.102. The van der Waals surface area contributed by atoms with Crippen LogP contribution in [0, 0.1) is 0 Å². The molecular weight excluding hydrogens is 404 g/mol. The zero-order valence-electron chi connectivity index (χ0n) is 17.0. The highest BCUT2D eigenvalue weighted by molar-refractivity contribution is 7.89. The Balaban J connectivity index is 1.86. The van der Waals surface area contributed by atoms with Gasteiger partial charge in [-0.25, -0.2) is 8.42 Å². The van der Waals surface area contributed by atoms with Crippen molar-refractivity contribution in [3.05, 3.63) is 60.7 Å². The summed E-state index contributed by atoms with van der Waals surface area (Å²) >= 11 is 0. The molecule has 1 fully saturated rings. The highest BCUT2D eigenvalue weighted by Gasteiger charge is 2.27. The van der Waals surface area contributed by atoms with Crippen LogP contribution in [0.3, 0.4) is 0 Å². The van der Waals surface area contributed by atoms with Crippen LogP contribution in [-0.2, 0) is 10.0 Å². The second-order valence-corrected chi connectivity index (χ2v) is 8.85. The number of hydrogen-bond acceptors (Lipinski definition) is 5. The van der Waals surface area contributed by atoms with E-state index in [0.29, 0.717) is 36.9 Å². The standard InChI is InChI=1S/C22H26N2O5S/c1-3-14-29-18-9-7-8-17(15-18)23-22(25)20-16-19(10-11-21(20)28-2)30(26,27)24-12-5-4-6-13-24/h3,7-11,15-16H,1,4-6,12-14H2,2H3,(H,23,25). The van der Waals surface area contributed by atoms with E-state index in [1.807, 2.05) is 0 Å². The van der Waals surface area contributed by atoms with Gasteiger partial charge >= 0.3 is 0 Å². The van der Waals surface area contributed by atoms with Gasteiger partial charge in [-0.15, -0.1) is 0 Å². The van der Waals surface area contributed by atoms with Gasteiger partial charge in [0.15, 0.2) is 0 Å². The van der Waals surface area contributed by atoms with Crippen molar-refractivity contribution in [2.24, 2.45) is 0 Å². The number of ether oxygens (including phenoxy) is 2. The first kappa shape index (κ1) is 21.9. The third-order valence-electron chi connectivity index (χ3n) is 4.83. The van der Waals surface area contributed by atoms with Crippen LogP contribution in [0.5, 0.6) is 11.5 Å². The summed E-state index contributed by atoms with van der Waals surface area (Å²) in [5, 5.41) is 2.77. The Kier molecular flexibility index (Phi) is 7.12. The summed E-state index contributed by atoms with van der Waals surface area (Å²) in [7, 11) is -2.23. The maximum Gasteiger partial charge on any atom is 0.259 e. The quantitative estimate of drug-likeness (QED) is 0.646. The van der Waals surface area contributed by atoms with Gasteiger partial charge in [0.2, 0.25) is 10.0 Å². The largest absolute Gasteiger partial charge is 0.496 e. The molecule has 2 aromatic rings. The maximum absolute atomic E-state index is 13.0. The molecule has 3 rings (SSSR count). The van der Waals surface area contributed by atoms with Gasteiger partial charge in [0, 0.05) is 24.8 Å². The van der Waals surface area contributed by atoms with E-state index < -0.39 is 15.9 Å². The van der Waals surface area contributed by atoms with Gasteiger partial charge in [-0.05, 0) is 43.2 Å². The first-order chi connectivity index (χ1) is 14.5. The minimum Gasteiger partial charge on any atom is -0.496 e. The Hall–Kier alpha value is -2.84. The fraction of sp³-hybridized carbons (Fsp3) is 0.318. The lowest BCUT2D eigenvalue weighted by Gasteiger charge is -2.26. The van der Waals surface area contributed by atoms with Crippen LogP contribution < -0.4 is 14.8 Å². The predicted molar refractivity (Wildman–Crippen MR) is 116 cm³/mol. The fourth-order valence-electron chi connectivity index (χ4n) is 3.30. The number of hydrogen-bond donors (Lipinski definition) is 1. The Morgan fingerprint density at radius 3 is 2.63 bits per heavy atom. The van der Waals surface area contributed by atoms with Gasteiger partial charge in [0.25, 0.3) is 5.91 Å². The molecule has 0 bridgehead atoms. The topological polar surface area (TPSA) is 84.9 Å². The SMILES string of the molecule is C=CCOc1cccc(NC(=O)c2cc(S(=O)(=O)N3CCCCC3)ccc2OC)c1. The smallest absolute Gasteiger partial charge is 0.259 e. The summed E-state index contributed by atoms with van der Waals surface area (Å²) in [4.78, 5) is 13.0. The molecule has 1 amide bonds. The van der Waals surface area contributed by atoms with Gasteiger partial charge in [-0.1, -0.05) is 25.1 Å². The number of rotatable bonds is 8. The minimum absolute atomic E-state index is 0.0819. The van der Waals surface area contributed by atoms with E-state index in [1.165, 1.54) is 29.6 Å². The molecule has 0 aliphatic carbocycles. The average molecular weight is 431 g/mol. The molecule has 1 N–H and O–H groups in total. The van der Waals surface area contributed by atoms with Gasteiger partial charge in [0.1, 0.15) is 18.1 Å². The maximum atomic E-state index is 13.0. The highest BCUT2D eigenvalue weighted by Crippen LogP contribution is 2.27. The van der Waals surface area contributed by atoms with Crippen LogP contribution >= 0.6 is 0 Å². The molecule has 2 aromatic carbocycles. The third kappa shape index (κ3) is 5.01. The van der Waals surface area contributed by atoms with Gasteiger partial charge < -0.3 is 14.8 Å². The summed E-state index contributed by atoms with van der Waals surface area (Å²) in [5.74, 6) is 0.411. The normalized spacial score (nSPS) is 14.7. The van der Waals surface area contributed by atoms with E-state index in [4.69, 9.17) is 9.47 Å². The van der Waals surface area contributed by atoms with Gasteiger partial charge in [-0.2, -0.15) is 4.31 Å². The molecule has 1 heterocycles. The van der Waals surface area contributed by atoms with Crippen molar-refractivity contribution in [2.75, 3.05) is 32.1 Å². The van der Waals surface area contributed by atoms with Crippen molar-refractivity contribution in [2.45, 2.75) is 24.2 Å². The van der Waals surface area contributed by atoms with E-state index in [2.05, 4.69) is 11.9 Å². The van der Waals surface area contributed by atoms with Crippen LogP contribution in [0.4, 0.5) is 5.69 Å². The number of carbonyl (C=O) groups excluding carboxylic acids is 1. The number of benzene rings is 2. The number of piperidine rings is 1. The molecule has 0 radical (unpaired) electrons. The van der Waals surface area contributed by atoms with E-state index in [1.54, 1.807) is 30.3 Å². The molecule has 7 nitrogen and oxygen atoms in total. The minimum atomic E-state index is -3.66. The van der Waals surface area contributed by atoms with Crippen molar-refractivity contribution >= 4 is 21.6 Å². The molecule has 0 aromatic heterocycles. The van der Waals surface area contributed by atoms with Crippen molar-refractivity contribution in [3.63, 3.8) is 0 Å². The molecule has 0 saturated carbocycles. The number of nitrogens with one attached hydrogen (secondary N) is 1. The summed E-state index contributed by atoms with van der Waals surface area (Å²) in [6, 6.07) is 11.3. The first-order valence-corrected chi connectivity index (χ1v) is 11.2. The molecule has 8 heteroatoms. The molecule has 160 valence electrons. The third-order valence-corrected chi connectivity index (χ3v) is 6.72. The van der Waals surface area contributed by atoms with Crippen LogP contribution in [-0.4, -0.2) is 45.4 Å². The number of anilines is 1. The molecule has 30 heavy (non-hydrogen) atoms. The van der Waals surface area contributed by atoms with Gasteiger partial charge in [-0.3, -0.25) is 4.79 Å². The van der Waals surface area contributed by atoms with Crippen molar-refractivity contribution in [3.8, 4) is 11.5 Å². The van der Waals surface area contributed by atoms with E-state index in [9.17, 15) is 13.2 Å². The second-order valence-electron chi connectivity index (χ2n) is 6.91. The predicted octanol–water partition coefficient (Wildman–Crippen LogP) is 3.69. The van der Waals surface area contributed by atoms with Crippen LogP contribution in [0.15, 0.2) is 60.0 Å². The van der Waals surface area contributed by atoms with E-state index in [-0.39, 0.29) is 10.5 Å². The molecular formula is C22H26N2O5S. The molecule has 1 aliphatic rings. The summed E-state index contributed by atoms with van der Waals surface area (Å²) in [6.45, 7) is 4.94. The summed E-state index contributed by atoms with van der Waals surface area (Å²) < 4.78 is 38.2. The zero-order chi connectivity index (χ0) is 21.6. The van der Waals surface area contributed by atoms with Crippen molar-refractivity contribution in [1.29, 1.82) is 0 Å². The van der Waals surface area contributed by atoms with Crippen LogP contribution in [0.25, 0.3) is 0 Å². The lowest BCUT2D eigenvalue weighted by Crippen LogP contribution is -2.35. The average Bonchev–Trinajstić information content (AvgIpc) is 2.78. The second kappa shape index (κ2) is 9.77. The Labute approximate surface area is 177 Å². The van der Waals surface area contributed by atoms with Crippen LogP contribution in [0.1, 0.15) is 29.6 Å². The lowest BCUT2D eigenvalue weighted by atomic mass is 10.1.